The Bertz CT molecular complexity index is 1250. The number of benzene rings is 1. The molecule has 1 fully saturated rings. The molecule has 37 heavy (non-hydrogen) atoms. The molecule has 1 aromatic heterocycles. The van der Waals surface area contributed by atoms with Crippen LogP contribution in [0, 0.1) is 0 Å². The molecule has 0 radical (unpaired) electrons. The summed E-state index contributed by atoms with van der Waals surface area (Å²) in [7, 11) is 0. The molecule has 16 heteroatoms. The average Bonchev–Trinajstić information content (AvgIpc) is 2.85. The topological polar surface area (TPSA) is 177 Å². The monoisotopic (exact) mass is 601 g/mol. The minimum Gasteiger partial charge on any atom is -0.477 e. The van der Waals surface area contributed by atoms with Crippen LogP contribution in [-0.4, -0.2) is 66.6 Å². The van der Waals surface area contributed by atoms with Crippen molar-refractivity contribution in [3.05, 3.63) is 46.5 Å². The normalized spacial score (nSPS) is 18.9. The van der Waals surface area contributed by atoms with E-state index in [9.17, 15) is 19.5 Å². The second kappa shape index (κ2) is 11.9. The van der Waals surface area contributed by atoms with Gasteiger partial charge in [0.15, 0.2) is 0 Å². The number of rotatable bonds is 10. The number of hydrogen-bond donors (Lipinski definition) is 5. The van der Waals surface area contributed by atoms with Gasteiger partial charge in [0.2, 0.25) is 11.9 Å². The number of anilines is 3. The number of amides is 2. The molecule has 1 aromatic carbocycles. The molecule has 0 spiro atoms. The summed E-state index contributed by atoms with van der Waals surface area (Å²) in [5.74, 6) is -1.41. The third-order valence-corrected chi connectivity index (χ3v) is 9.32. The van der Waals surface area contributed by atoms with Gasteiger partial charge in [0.1, 0.15) is 32.8 Å². The fraction of sp³-hybridized carbons (Fsp3) is 0.286. The highest BCUT2D eigenvalue weighted by molar-refractivity contribution is 8.18. The summed E-state index contributed by atoms with van der Waals surface area (Å²) in [6, 6.07) is 7.76. The van der Waals surface area contributed by atoms with Crippen molar-refractivity contribution in [2.24, 2.45) is 0 Å². The van der Waals surface area contributed by atoms with Gasteiger partial charge in [-0.25, -0.2) is 9.78 Å². The number of alkyl halides is 2. The van der Waals surface area contributed by atoms with Crippen molar-refractivity contribution in [2.45, 2.75) is 21.3 Å². The molecule has 2 unspecified atom stereocenters. The van der Waals surface area contributed by atoms with E-state index in [1.54, 1.807) is 30.3 Å². The Labute approximate surface area is 234 Å². The standard InChI is InChI=1S/C21H21Cl2N7O4S3/c22-17(23)9-2-1-3-10(4-9)26-6-13(31)28-15-18(32)30-16(20(33)34)11(7-35-19(15)30)36-8-37-14-5-12(24)27-21(25)29-14/h1-5,15,17,19,26H,6-8H2,(H,28,31)(H,33,34)(H4,24,25,27,29). The number of nitrogens with one attached hydrogen (secondary N) is 2. The number of hydrogen-bond acceptors (Lipinski definition) is 11. The van der Waals surface area contributed by atoms with Crippen molar-refractivity contribution >= 4 is 93.7 Å². The Morgan fingerprint density at radius 3 is 2.73 bits per heavy atom. The number of carboxylic acids is 1. The average molecular weight is 603 g/mol. The molecule has 11 nitrogen and oxygen atoms in total. The molecule has 4 rings (SSSR count). The van der Waals surface area contributed by atoms with Crippen LogP contribution in [-0.2, 0) is 14.4 Å². The number of nitrogen functional groups attached to an aromatic ring is 2. The molecule has 2 aromatic rings. The van der Waals surface area contributed by atoms with Crippen molar-refractivity contribution in [1.82, 2.24) is 20.2 Å². The van der Waals surface area contributed by atoms with Crippen molar-refractivity contribution < 1.29 is 19.5 Å². The van der Waals surface area contributed by atoms with Gasteiger partial charge < -0.3 is 27.2 Å². The molecule has 1 saturated heterocycles. The lowest BCUT2D eigenvalue weighted by molar-refractivity contribution is -0.150. The molecule has 2 aliphatic rings. The van der Waals surface area contributed by atoms with Crippen LogP contribution in [0.5, 0.6) is 0 Å². The highest BCUT2D eigenvalue weighted by atomic mass is 35.5. The van der Waals surface area contributed by atoms with E-state index < -0.39 is 34.0 Å². The minimum absolute atomic E-state index is 0.0520. The number of carbonyl (C=O) groups excluding carboxylic acids is 2. The van der Waals surface area contributed by atoms with E-state index in [0.29, 0.717) is 32.0 Å². The molecule has 0 saturated carbocycles. The van der Waals surface area contributed by atoms with E-state index in [2.05, 4.69) is 20.6 Å². The molecule has 3 heterocycles. The van der Waals surface area contributed by atoms with Crippen molar-refractivity contribution in [3.8, 4) is 0 Å². The molecule has 196 valence electrons. The quantitative estimate of drug-likeness (QED) is 0.0885. The van der Waals surface area contributed by atoms with Gasteiger partial charge in [-0.2, -0.15) is 4.98 Å². The van der Waals surface area contributed by atoms with Gasteiger partial charge in [-0.15, -0.1) is 46.7 Å². The van der Waals surface area contributed by atoms with Crippen LogP contribution in [0.25, 0.3) is 0 Å². The Balaban J connectivity index is 1.34. The lowest BCUT2D eigenvalue weighted by Gasteiger charge is -2.49. The first-order valence-electron chi connectivity index (χ1n) is 10.6. The molecule has 2 aliphatic heterocycles. The highest BCUT2D eigenvalue weighted by Crippen LogP contribution is 2.44. The maximum Gasteiger partial charge on any atom is 0.353 e. The van der Waals surface area contributed by atoms with Gasteiger partial charge in [0.05, 0.1) is 6.54 Å². The van der Waals surface area contributed by atoms with Crippen molar-refractivity contribution in [3.63, 3.8) is 0 Å². The van der Waals surface area contributed by atoms with Gasteiger partial charge in [-0.1, -0.05) is 23.9 Å². The van der Waals surface area contributed by atoms with E-state index in [1.165, 1.54) is 40.2 Å². The van der Waals surface area contributed by atoms with E-state index in [0.717, 1.165) is 0 Å². The summed E-state index contributed by atoms with van der Waals surface area (Å²) in [6.45, 7) is -0.0854. The van der Waals surface area contributed by atoms with Crippen LogP contribution < -0.4 is 22.1 Å². The summed E-state index contributed by atoms with van der Waals surface area (Å²) in [5.41, 5.74) is 12.5. The van der Waals surface area contributed by atoms with Crippen LogP contribution in [0.1, 0.15) is 10.4 Å². The predicted molar refractivity (Wildman–Crippen MR) is 148 cm³/mol. The van der Waals surface area contributed by atoms with Gasteiger partial charge in [-0.3, -0.25) is 14.5 Å². The number of nitrogens with two attached hydrogens (primary N) is 2. The molecular weight excluding hydrogens is 581 g/mol. The lowest BCUT2D eigenvalue weighted by atomic mass is 10.1. The Morgan fingerprint density at radius 2 is 2.03 bits per heavy atom. The predicted octanol–water partition coefficient (Wildman–Crippen LogP) is 2.71. The number of halogens is 2. The number of carbonyl (C=O) groups is 3. The highest BCUT2D eigenvalue weighted by Gasteiger charge is 2.54. The second-order valence-electron chi connectivity index (χ2n) is 7.71. The number of aliphatic carboxylic acids is 1. The Morgan fingerprint density at radius 1 is 1.24 bits per heavy atom. The summed E-state index contributed by atoms with van der Waals surface area (Å²) in [4.78, 5) is 46.4. The van der Waals surface area contributed by atoms with E-state index in [4.69, 9.17) is 34.7 Å². The molecular formula is C21H21Cl2N7O4S3. The minimum atomic E-state index is -1.20. The third kappa shape index (κ3) is 6.49. The Hall–Kier alpha value is -2.52. The van der Waals surface area contributed by atoms with Gasteiger partial charge in [0, 0.05) is 27.5 Å². The molecule has 7 N–H and O–H groups in total. The maximum absolute atomic E-state index is 12.8. The fourth-order valence-electron chi connectivity index (χ4n) is 3.59. The van der Waals surface area contributed by atoms with Crippen molar-refractivity contribution in [1.29, 1.82) is 0 Å². The molecule has 2 amide bonds. The van der Waals surface area contributed by atoms with E-state index in [-0.39, 0.29) is 24.0 Å². The number of β-lactam (4-membered cyclic amide) rings is 1. The Kier molecular flexibility index (Phi) is 8.85. The summed E-state index contributed by atoms with van der Waals surface area (Å²) < 4.78 is 0. The van der Waals surface area contributed by atoms with Crippen molar-refractivity contribution in [2.75, 3.05) is 34.2 Å². The molecule has 0 bridgehead atoms. The second-order valence-corrected chi connectivity index (χ2v) is 12.3. The van der Waals surface area contributed by atoms with Crippen LogP contribution in [0.15, 0.2) is 46.0 Å². The number of nitrogens with zero attached hydrogens (tertiary/aromatic N) is 3. The van der Waals surface area contributed by atoms with Crippen LogP contribution in [0.4, 0.5) is 17.5 Å². The smallest absolute Gasteiger partial charge is 0.353 e. The fourth-order valence-corrected chi connectivity index (χ4v) is 7.56. The molecule has 0 aliphatic carbocycles. The van der Waals surface area contributed by atoms with Crippen LogP contribution in [0.3, 0.4) is 0 Å². The zero-order valence-corrected chi connectivity index (χ0v) is 22.9. The SMILES string of the molecule is Nc1cc(SCSC2=C(C(=O)O)N3C(=O)C(NC(=O)CNc4cccc(C(Cl)Cl)c4)C3SC2)nc(N)n1. The number of aromatic nitrogens is 2. The summed E-state index contributed by atoms with van der Waals surface area (Å²) in [6.07, 6.45) is 0. The van der Waals surface area contributed by atoms with Gasteiger partial charge in [-0.05, 0) is 17.7 Å². The number of carboxylic acid groups (broad SMARTS) is 1. The van der Waals surface area contributed by atoms with E-state index >= 15 is 0 Å². The third-order valence-electron chi connectivity index (χ3n) is 5.22. The maximum atomic E-state index is 12.8. The lowest BCUT2D eigenvalue weighted by Crippen LogP contribution is -2.70. The first-order chi connectivity index (χ1) is 17.6. The zero-order chi connectivity index (χ0) is 26.7. The molecule has 2 atom stereocenters. The van der Waals surface area contributed by atoms with Gasteiger partial charge in [0.25, 0.3) is 5.91 Å². The first kappa shape index (κ1) is 27.5. The number of thioether (sulfide) groups is 3. The van der Waals surface area contributed by atoms with E-state index in [1.807, 2.05) is 0 Å². The zero-order valence-electron chi connectivity index (χ0n) is 18.9. The largest absolute Gasteiger partial charge is 0.477 e. The van der Waals surface area contributed by atoms with Crippen LogP contribution in [0.2, 0.25) is 0 Å². The number of fused-ring (bicyclic) bond motifs is 1. The van der Waals surface area contributed by atoms with Crippen LogP contribution >= 0.6 is 58.5 Å². The first-order valence-corrected chi connectivity index (χ1v) is 14.5. The summed E-state index contributed by atoms with van der Waals surface area (Å²) in [5, 5.41) is 16.0. The summed E-state index contributed by atoms with van der Waals surface area (Å²) >= 11 is 15.8. The van der Waals surface area contributed by atoms with Gasteiger partial charge >= 0.3 is 5.97 Å².